The van der Waals surface area contributed by atoms with E-state index < -0.39 is 16.0 Å². The Labute approximate surface area is 133 Å². The number of aromatic carboxylic acids is 1. The number of carboxylic acid groups (broad SMARTS) is 1. The number of ketones is 1. The van der Waals surface area contributed by atoms with Crippen molar-refractivity contribution < 1.29 is 23.1 Å². The molecular formula is C16H15NO5S. The van der Waals surface area contributed by atoms with Crippen LogP contribution in [0, 0.1) is 6.92 Å². The maximum atomic E-state index is 12.3. The molecule has 2 rings (SSSR count). The minimum absolute atomic E-state index is 0.0696. The summed E-state index contributed by atoms with van der Waals surface area (Å²) in [6, 6.07) is 9.87. The number of hydrogen-bond donors (Lipinski definition) is 2. The summed E-state index contributed by atoms with van der Waals surface area (Å²) in [4.78, 5) is 22.2. The molecule has 0 saturated heterocycles. The Balaban J connectivity index is 2.33. The van der Waals surface area contributed by atoms with Gasteiger partial charge in [-0.25, -0.2) is 13.2 Å². The van der Waals surface area contributed by atoms with Gasteiger partial charge in [0.2, 0.25) is 0 Å². The van der Waals surface area contributed by atoms with Crippen LogP contribution in [0.1, 0.15) is 33.2 Å². The van der Waals surface area contributed by atoms with Gasteiger partial charge in [0, 0.05) is 11.3 Å². The van der Waals surface area contributed by atoms with Crippen LogP contribution in [0.4, 0.5) is 5.69 Å². The van der Waals surface area contributed by atoms with Crippen LogP contribution in [0.3, 0.4) is 0 Å². The number of benzene rings is 2. The molecule has 0 aliphatic heterocycles. The number of sulfonamides is 1. The van der Waals surface area contributed by atoms with E-state index in [1.54, 1.807) is 6.92 Å². The molecule has 0 spiro atoms. The predicted molar refractivity (Wildman–Crippen MR) is 85.4 cm³/mol. The smallest absolute Gasteiger partial charge is 0.335 e. The van der Waals surface area contributed by atoms with Crippen LogP contribution < -0.4 is 4.72 Å². The normalized spacial score (nSPS) is 11.0. The summed E-state index contributed by atoms with van der Waals surface area (Å²) in [6.45, 7) is 3.01. The van der Waals surface area contributed by atoms with Crippen molar-refractivity contribution in [1.29, 1.82) is 0 Å². The van der Waals surface area contributed by atoms with Crippen LogP contribution in [0.15, 0.2) is 47.4 Å². The molecule has 0 heterocycles. The molecule has 0 radical (unpaired) electrons. The van der Waals surface area contributed by atoms with Gasteiger partial charge in [0.1, 0.15) is 0 Å². The maximum Gasteiger partial charge on any atom is 0.335 e. The fourth-order valence-electron chi connectivity index (χ4n) is 1.99. The van der Waals surface area contributed by atoms with Crippen LogP contribution >= 0.6 is 0 Å². The van der Waals surface area contributed by atoms with Gasteiger partial charge in [0.05, 0.1) is 10.5 Å². The molecule has 0 aliphatic rings. The van der Waals surface area contributed by atoms with Gasteiger partial charge in [-0.3, -0.25) is 9.52 Å². The monoisotopic (exact) mass is 333 g/mol. The average molecular weight is 333 g/mol. The van der Waals surface area contributed by atoms with E-state index in [0.717, 1.165) is 6.07 Å². The molecule has 0 unspecified atom stereocenters. The van der Waals surface area contributed by atoms with Gasteiger partial charge >= 0.3 is 5.97 Å². The third kappa shape index (κ3) is 3.75. The van der Waals surface area contributed by atoms with E-state index in [2.05, 4.69) is 4.72 Å². The van der Waals surface area contributed by atoms with Crippen molar-refractivity contribution in [3.8, 4) is 0 Å². The molecule has 2 aromatic carbocycles. The third-order valence-corrected chi connectivity index (χ3v) is 4.67. The van der Waals surface area contributed by atoms with Crippen molar-refractivity contribution in [3.05, 3.63) is 59.2 Å². The number of aryl methyl sites for hydroxylation is 1. The largest absolute Gasteiger partial charge is 0.478 e. The van der Waals surface area contributed by atoms with E-state index in [0.29, 0.717) is 11.1 Å². The van der Waals surface area contributed by atoms with Crippen LogP contribution in [-0.2, 0) is 10.0 Å². The summed E-state index contributed by atoms with van der Waals surface area (Å²) in [6.07, 6.45) is 0. The fraction of sp³-hybridized carbons (Fsp3) is 0.125. The first-order valence-electron chi connectivity index (χ1n) is 6.68. The molecule has 0 fully saturated rings. The molecule has 2 N–H and O–H groups in total. The summed E-state index contributed by atoms with van der Waals surface area (Å²) < 4.78 is 27.0. The Bertz CT molecular complexity index is 870. The Morgan fingerprint density at radius 2 is 1.65 bits per heavy atom. The van der Waals surface area contributed by atoms with Gasteiger partial charge in [-0.05, 0) is 55.8 Å². The Morgan fingerprint density at radius 1 is 1.04 bits per heavy atom. The summed E-state index contributed by atoms with van der Waals surface area (Å²) in [5.41, 5.74) is 1.16. The van der Waals surface area contributed by atoms with Crippen molar-refractivity contribution in [1.82, 2.24) is 0 Å². The van der Waals surface area contributed by atoms with Gasteiger partial charge in [-0.15, -0.1) is 0 Å². The lowest BCUT2D eigenvalue weighted by Gasteiger charge is -2.10. The second-order valence-electron chi connectivity index (χ2n) is 5.02. The van der Waals surface area contributed by atoms with Gasteiger partial charge < -0.3 is 5.11 Å². The van der Waals surface area contributed by atoms with Crippen LogP contribution in [0.25, 0.3) is 0 Å². The molecule has 0 bridgehead atoms. The van der Waals surface area contributed by atoms with Gasteiger partial charge in [-0.1, -0.05) is 6.07 Å². The Kier molecular flexibility index (Phi) is 4.51. The molecule has 2 aromatic rings. The van der Waals surface area contributed by atoms with Crippen molar-refractivity contribution in [2.45, 2.75) is 18.7 Å². The molecule has 0 amide bonds. The highest BCUT2D eigenvalue weighted by Gasteiger charge is 2.18. The number of hydrogen-bond acceptors (Lipinski definition) is 4. The first-order chi connectivity index (χ1) is 10.7. The summed E-state index contributed by atoms with van der Waals surface area (Å²) in [5.74, 6) is -1.31. The molecule has 7 heteroatoms. The van der Waals surface area contributed by atoms with Crippen molar-refractivity contribution in [2.24, 2.45) is 0 Å². The molecule has 120 valence electrons. The van der Waals surface area contributed by atoms with Crippen LogP contribution in [0.5, 0.6) is 0 Å². The number of anilines is 1. The zero-order valence-electron chi connectivity index (χ0n) is 12.5. The minimum atomic E-state index is -3.92. The first kappa shape index (κ1) is 16.7. The SMILES string of the molecule is CC(=O)c1ccc(NS(=O)(=O)c2ccc(C)c(C(=O)O)c2)cc1. The Hall–Kier alpha value is -2.67. The third-order valence-electron chi connectivity index (χ3n) is 3.29. The highest BCUT2D eigenvalue weighted by Crippen LogP contribution is 2.20. The second-order valence-corrected chi connectivity index (χ2v) is 6.70. The lowest BCUT2D eigenvalue weighted by molar-refractivity contribution is 0.0695. The van der Waals surface area contributed by atoms with Crippen molar-refractivity contribution in [3.63, 3.8) is 0 Å². The van der Waals surface area contributed by atoms with E-state index >= 15 is 0 Å². The average Bonchev–Trinajstić information content (AvgIpc) is 2.47. The van der Waals surface area contributed by atoms with Gasteiger partial charge in [-0.2, -0.15) is 0 Å². The molecular weight excluding hydrogens is 318 g/mol. The highest BCUT2D eigenvalue weighted by molar-refractivity contribution is 7.92. The second kappa shape index (κ2) is 6.21. The number of carbonyl (C=O) groups is 2. The minimum Gasteiger partial charge on any atom is -0.478 e. The van der Waals surface area contributed by atoms with E-state index in [1.165, 1.54) is 43.3 Å². The predicted octanol–water partition coefficient (Wildman–Crippen LogP) is 2.70. The number of nitrogens with one attached hydrogen (secondary N) is 1. The van der Waals surface area contributed by atoms with E-state index in [-0.39, 0.29) is 21.9 Å². The number of Topliss-reactive ketones (excluding diaryl/α,β-unsaturated/α-hetero) is 1. The fourth-order valence-corrected chi connectivity index (χ4v) is 3.07. The van der Waals surface area contributed by atoms with E-state index in [9.17, 15) is 18.0 Å². The molecule has 0 aliphatic carbocycles. The van der Waals surface area contributed by atoms with Gasteiger partial charge in [0.15, 0.2) is 5.78 Å². The molecule has 0 saturated carbocycles. The highest BCUT2D eigenvalue weighted by atomic mass is 32.2. The summed E-state index contributed by atoms with van der Waals surface area (Å²) >= 11 is 0. The lowest BCUT2D eigenvalue weighted by Crippen LogP contribution is -2.14. The van der Waals surface area contributed by atoms with Gasteiger partial charge in [0.25, 0.3) is 10.0 Å². The van der Waals surface area contributed by atoms with E-state index in [4.69, 9.17) is 5.11 Å². The van der Waals surface area contributed by atoms with Crippen molar-refractivity contribution in [2.75, 3.05) is 4.72 Å². The Morgan fingerprint density at radius 3 is 2.17 bits per heavy atom. The maximum absolute atomic E-state index is 12.3. The van der Waals surface area contributed by atoms with Crippen molar-refractivity contribution >= 4 is 27.5 Å². The summed E-state index contributed by atoms with van der Waals surface area (Å²) in [5, 5.41) is 9.08. The topological polar surface area (TPSA) is 101 Å². The number of carbonyl (C=O) groups excluding carboxylic acids is 1. The first-order valence-corrected chi connectivity index (χ1v) is 8.17. The number of rotatable bonds is 5. The standard InChI is InChI=1S/C16H15NO5S/c1-10-3-8-14(9-15(10)16(19)20)23(21,22)17-13-6-4-12(5-7-13)11(2)18/h3-9,17H,1-2H3,(H,19,20). The molecule has 6 nitrogen and oxygen atoms in total. The zero-order chi connectivity index (χ0) is 17.2. The quantitative estimate of drug-likeness (QED) is 0.819. The number of carboxylic acids is 1. The summed E-state index contributed by atoms with van der Waals surface area (Å²) in [7, 11) is -3.92. The van der Waals surface area contributed by atoms with Crippen LogP contribution in [0.2, 0.25) is 0 Å². The molecule has 0 aromatic heterocycles. The molecule has 0 atom stereocenters. The van der Waals surface area contributed by atoms with E-state index in [1.807, 2.05) is 0 Å². The lowest BCUT2D eigenvalue weighted by atomic mass is 10.1. The zero-order valence-corrected chi connectivity index (χ0v) is 13.3. The van der Waals surface area contributed by atoms with Crippen LogP contribution in [-0.4, -0.2) is 25.3 Å². The molecule has 23 heavy (non-hydrogen) atoms.